The van der Waals surface area contributed by atoms with E-state index in [1.54, 1.807) is 50.2 Å². The number of carbonyl (C=O) groups is 1. The molecule has 170 valence electrons. The van der Waals surface area contributed by atoms with Crippen LogP contribution in [-0.2, 0) is 21.2 Å². The van der Waals surface area contributed by atoms with Gasteiger partial charge in [-0.05, 0) is 56.2 Å². The predicted molar refractivity (Wildman–Crippen MR) is 123 cm³/mol. The van der Waals surface area contributed by atoms with E-state index in [4.69, 9.17) is 0 Å². The van der Waals surface area contributed by atoms with Gasteiger partial charge in [0, 0.05) is 38.3 Å². The molecule has 0 atom stereocenters. The lowest BCUT2D eigenvalue weighted by molar-refractivity contribution is -0.116. The molecule has 0 spiro atoms. The van der Waals surface area contributed by atoms with E-state index < -0.39 is 10.0 Å². The van der Waals surface area contributed by atoms with Crippen molar-refractivity contribution in [2.45, 2.75) is 51.5 Å². The number of hydrogen-bond acceptors (Lipinski definition) is 4. The van der Waals surface area contributed by atoms with Crippen molar-refractivity contribution in [1.29, 1.82) is 0 Å². The molecule has 6 nitrogen and oxygen atoms in total. The van der Waals surface area contributed by atoms with Crippen molar-refractivity contribution in [3.05, 3.63) is 53.8 Å². The van der Waals surface area contributed by atoms with E-state index in [2.05, 4.69) is 5.32 Å². The SMILES string of the molecule is CCN(CC)S(=O)(=O)c1ccc(CCC(=O)Nc2ccc(N(C)C(C)C)c(F)c2)cc1. The van der Waals surface area contributed by atoms with Crippen LogP contribution in [0.15, 0.2) is 47.4 Å². The summed E-state index contributed by atoms with van der Waals surface area (Å²) >= 11 is 0. The molecule has 1 N–H and O–H groups in total. The number of hydrogen-bond donors (Lipinski definition) is 1. The molecule has 0 radical (unpaired) electrons. The van der Waals surface area contributed by atoms with Gasteiger partial charge in [0.25, 0.3) is 0 Å². The first-order chi connectivity index (χ1) is 14.6. The smallest absolute Gasteiger partial charge is 0.243 e. The fourth-order valence-electron chi connectivity index (χ4n) is 3.17. The molecule has 0 aromatic heterocycles. The predicted octanol–water partition coefficient (Wildman–Crippen LogP) is 4.27. The first-order valence-electron chi connectivity index (χ1n) is 10.5. The number of amides is 1. The molecule has 0 saturated carbocycles. The Bertz CT molecular complexity index is 988. The van der Waals surface area contributed by atoms with Gasteiger partial charge < -0.3 is 10.2 Å². The van der Waals surface area contributed by atoms with Crippen LogP contribution in [0.5, 0.6) is 0 Å². The van der Waals surface area contributed by atoms with Gasteiger partial charge in [-0.3, -0.25) is 4.79 Å². The van der Waals surface area contributed by atoms with Crippen molar-refractivity contribution in [2.24, 2.45) is 0 Å². The van der Waals surface area contributed by atoms with E-state index in [0.717, 1.165) is 5.56 Å². The minimum absolute atomic E-state index is 0.156. The number of sulfonamides is 1. The maximum absolute atomic E-state index is 14.4. The molecule has 2 aromatic rings. The van der Waals surface area contributed by atoms with Crippen LogP contribution in [0.1, 0.15) is 39.7 Å². The normalized spacial score (nSPS) is 11.7. The van der Waals surface area contributed by atoms with Crippen LogP contribution in [0.2, 0.25) is 0 Å². The Kier molecular flexibility index (Phi) is 8.59. The summed E-state index contributed by atoms with van der Waals surface area (Å²) in [6, 6.07) is 11.4. The molecular weight excluding hydrogens is 417 g/mol. The number of nitrogens with zero attached hydrogens (tertiary/aromatic N) is 2. The topological polar surface area (TPSA) is 69.7 Å². The Morgan fingerprint density at radius 3 is 2.19 bits per heavy atom. The first kappa shape index (κ1) is 24.8. The van der Waals surface area contributed by atoms with Crippen LogP contribution in [0.3, 0.4) is 0 Å². The molecule has 0 bridgehead atoms. The monoisotopic (exact) mass is 449 g/mol. The highest BCUT2D eigenvalue weighted by Crippen LogP contribution is 2.23. The summed E-state index contributed by atoms with van der Waals surface area (Å²) in [7, 11) is -1.67. The van der Waals surface area contributed by atoms with Crippen LogP contribution in [-0.4, -0.2) is 44.8 Å². The van der Waals surface area contributed by atoms with Crippen LogP contribution in [0.25, 0.3) is 0 Å². The van der Waals surface area contributed by atoms with Gasteiger partial charge in [-0.1, -0.05) is 26.0 Å². The fraction of sp³-hybridized carbons (Fsp3) is 0.435. The molecule has 0 aliphatic carbocycles. The lowest BCUT2D eigenvalue weighted by atomic mass is 10.1. The van der Waals surface area contributed by atoms with Crippen LogP contribution in [0, 0.1) is 5.82 Å². The second kappa shape index (κ2) is 10.7. The molecule has 0 fully saturated rings. The zero-order chi connectivity index (χ0) is 23.2. The maximum atomic E-state index is 14.4. The highest BCUT2D eigenvalue weighted by molar-refractivity contribution is 7.89. The van der Waals surface area contributed by atoms with Gasteiger partial charge in [-0.2, -0.15) is 4.31 Å². The van der Waals surface area contributed by atoms with Crippen LogP contribution >= 0.6 is 0 Å². The summed E-state index contributed by atoms with van der Waals surface area (Å²) in [5.74, 6) is -0.622. The van der Waals surface area contributed by atoms with Gasteiger partial charge in [0.1, 0.15) is 5.82 Å². The van der Waals surface area contributed by atoms with E-state index in [-0.39, 0.29) is 29.1 Å². The van der Waals surface area contributed by atoms with Gasteiger partial charge in [-0.25, -0.2) is 12.8 Å². The van der Waals surface area contributed by atoms with Gasteiger partial charge in [0.2, 0.25) is 15.9 Å². The largest absolute Gasteiger partial charge is 0.370 e. The quantitative estimate of drug-likeness (QED) is 0.588. The standard InChI is InChI=1S/C23H32FN3O3S/c1-6-27(7-2)31(29,30)20-12-8-18(9-13-20)10-15-23(28)25-19-11-14-22(21(24)16-19)26(5)17(3)4/h8-9,11-14,16-17H,6-7,10,15H2,1-5H3,(H,25,28). The highest BCUT2D eigenvalue weighted by Gasteiger charge is 2.21. The second-order valence-electron chi connectivity index (χ2n) is 7.65. The summed E-state index contributed by atoms with van der Waals surface area (Å²) in [4.78, 5) is 14.3. The van der Waals surface area contributed by atoms with E-state index in [0.29, 0.717) is 30.9 Å². The zero-order valence-electron chi connectivity index (χ0n) is 18.9. The third kappa shape index (κ3) is 6.27. The molecule has 31 heavy (non-hydrogen) atoms. The Balaban J connectivity index is 1.97. The van der Waals surface area contributed by atoms with E-state index in [1.807, 2.05) is 25.8 Å². The Morgan fingerprint density at radius 1 is 1.06 bits per heavy atom. The Labute approximate surface area is 185 Å². The summed E-state index contributed by atoms with van der Waals surface area (Å²) in [6.45, 7) is 8.37. The van der Waals surface area contributed by atoms with Gasteiger partial charge in [0.05, 0.1) is 10.6 Å². The minimum atomic E-state index is -3.49. The van der Waals surface area contributed by atoms with E-state index in [1.165, 1.54) is 10.4 Å². The molecule has 0 unspecified atom stereocenters. The van der Waals surface area contributed by atoms with Crippen molar-refractivity contribution in [3.8, 4) is 0 Å². The number of rotatable bonds is 10. The van der Waals surface area contributed by atoms with Gasteiger partial charge >= 0.3 is 0 Å². The number of benzene rings is 2. The molecule has 1 amide bonds. The second-order valence-corrected chi connectivity index (χ2v) is 9.59. The molecular formula is C23H32FN3O3S. The number of anilines is 2. The summed E-state index contributed by atoms with van der Waals surface area (Å²) in [5, 5.41) is 2.71. The van der Waals surface area contributed by atoms with Crippen molar-refractivity contribution in [3.63, 3.8) is 0 Å². The minimum Gasteiger partial charge on any atom is -0.370 e. The third-order valence-corrected chi connectivity index (χ3v) is 7.36. The number of carbonyl (C=O) groups excluding carboxylic acids is 1. The van der Waals surface area contributed by atoms with Crippen molar-refractivity contribution < 1.29 is 17.6 Å². The zero-order valence-corrected chi connectivity index (χ0v) is 19.7. The summed E-state index contributed by atoms with van der Waals surface area (Å²) in [6.07, 6.45) is 0.658. The molecule has 0 heterocycles. The molecule has 2 aromatic carbocycles. The summed E-state index contributed by atoms with van der Waals surface area (Å²) < 4.78 is 40.8. The van der Waals surface area contributed by atoms with E-state index >= 15 is 0 Å². The Morgan fingerprint density at radius 2 is 1.68 bits per heavy atom. The lowest BCUT2D eigenvalue weighted by Crippen LogP contribution is -2.30. The lowest BCUT2D eigenvalue weighted by Gasteiger charge is -2.24. The average Bonchev–Trinajstić information content (AvgIpc) is 2.73. The summed E-state index contributed by atoms with van der Waals surface area (Å²) in [5.41, 5.74) is 1.74. The maximum Gasteiger partial charge on any atom is 0.243 e. The Hall–Kier alpha value is -2.45. The number of aryl methyl sites for hydroxylation is 1. The first-order valence-corrected chi connectivity index (χ1v) is 12.0. The molecule has 2 rings (SSSR count). The van der Waals surface area contributed by atoms with Crippen LogP contribution in [0.4, 0.5) is 15.8 Å². The van der Waals surface area contributed by atoms with Crippen molar-refractivity contribution in [2.75, 3.05) is 30.4 Å². The highest BCUT2D eigenvalue weighted by atomic mass is 32.2. The molecule has 0 saturated heterocycles. The molecule has 8 heteroatoms. The average molecular weight is 450 g/mol. The molecule has 0 aliphatic heterocycles. The number of halogens is 1. The van der Waals surface area contributed by atoms with Crippen molar-refractivity contribution >= 4 is 27.3 Å². The fourth-order valence-corrected chi connectivity index (χ4v) is 4.63. The number of nitrogens with one attached hydrogen (secondary N) is 1. The van der Waals surface area contributed by atoms with Gasteiger partial charge in [0.15, 0.2) is 0 Å². The van der Waals surface area contributed by atoms with E-state index in [9.17, 15) is 17.6 Å². The molecule has 0 aliphatic rings. The third-order valence-electron chi connectivity index (χ3n) is 5.29. The van der Waals surface area contributed by atoms with Crippen molar-refractivity contribution in [1.82, 2.24) is 4.31 Å². The van der Waals surface area contributed by atoms with Gasteiger partial charge in [-0.15, -0.1) is 0 Å². The van der Waals surface area contributed by atoms with Crippen LogP contribution < -0.4 is 10.2 Å².